The van der Waals surface area contributed by atoms with E-state index in [1.54, 1.807) is 18.2 Å². The monoisotopic (exact) mass is 307 g/mol. The van der Waals surface area contributed by atoms with Gasteiger partial charge < -0.3 is 14.7 Å². The standard InChI is InChI=1S/C17H13N3O3/c21-16(8-10-1-3-13-11(7-10)5-6-18-13)19-12-2-4-15-14(9-12)20-17(22)23-15/h1-7,9,18H,8H2,(H,19,21)(H,20,22). The normalized spacial score (nSPS) is 11.1. The number of carbonyl (C=O) groups excluding carboxylic acids is 1. The first kappa shape index (κ1) is 13.4. The number of benzene rings is 2. The number of hydrogen-bond acceptors (Lipinski definition) is 3. The van der Waals surface area contributed by atoms with Gasteiger partial charge >= 0.3 is 5.76 Å². The zero-order valence-corrected chi connectivity index (χ0v) is 12.1. The molecule has 0 bridgehead atoms. The van der Waals surface area contributed by atoms with Gasteiger partial charge in [-0.2, -0.15) is 0 Å². The summed E-state index contributed by atoms with van der Waals surface area (Å²) in [7, 11) is 0. The van der Waals surface area contributed by atoms with Crippen LogP contribution in [0.15, 0.2) is 57.9 Å². The van der Waals surface area contributed by atoms with Crippen molar-refractivity contribution in [2.75, 3.05) is 5.32 Å². The van der Waals surface area contributed by atoms with Crippen LogP contribution < -0.4 is 11.1 Å². The summed E-state index contributed by atoms with van der Waals surface area (Å²) in [4.78, 5) is 29.0. The number of fused-ring (bicyclic) bond motifs is 2. The second-order valence-corrected chi connectivity index (χ2v) is 5.35. The minimum atomic E-state index is -0.511. The van der Waals surface area contributed by atoms with Crippen molar-refractivity contribution >= 4 is 33.6 Å². The van der Waals surface area contributed by atoms with Crippen LogP contribution in [0.25, 0.3) is 22.0 Å². The molecule has 0 saturated carbocycles. The molecule has 4 rings (SSSR count). The first-order chi connectivity index (χ1) is 11.2. The lowest BCUT2D eigenvalue weighted by molar-refractivity contribution is -0.115. The molecule has 23 heavy (non-hydrogen) atoms. The molecule has 0 aliphatic heterocycles. The Balaban J connectivity index is 1.52. The molecule has 0 unspecified atom stereocenters. The number of anilines is 1. The van der Waals surface area contributed by atoms with Gasteiger partial charge in [0.25, 0.3) is 0 Å². The third-order valence-electron chi connectivity index (χ3n) is 3.69. The van der Waals surface area contributed by atoms with Crippen molar-refractivity contribution in [1.29, 1.82) is 0 Å². The summed E-state index contributed by atoms with van der Waals surface area (Å²) in [6.07, 6.45) is 2.15. The third kappa shape index (κ3) is 2.62. The molecule has 0 radical (unpaired) electrons. The molecule has 2 heterocycles. The summed E-state index contributed by atoms with van der Waals surface area (Å²) < 4.78 is 4.93. The van der Waals surface area contributed by atoms with Crippen LogP contribution in [0, 0.1) is 0 Å². The molecule has 2 aromatic carbocycles. The minimum absolute atomic E-state index is 0.120. The summed E-state index contributed by atoms with van der Waals surface area (Å²) in [5, 5.41) is 3.90. The number of aromatic nitrogens is 2. The van der Waals surface area contributed by atoms with Crippen LogP contribution in [0.3, 0.4) is 0 Å². The van der Waals surface area contributed by atoms with Crippen molar-refractivity contribution in [3.05, 3.63) is 64.8 Å². The fourth-order valence-corrected chi connectivity index (χ4v) is 2.63. The van der Waals surface area contributed by atoms with Gasteiger partial charge in [0.2, 0.25) is 5.91 Å². The van der Waals surface area contributed by atoms with Gasteiger partial charge in [0.05, 0.1) is 11.9 Å². The van der Waals surface area contributed by atoms with Crippen LogP contribution in [-0.2, 0) is 11.2 Å². The van der Waals surface area contributed by atoms with Crippen LogP contribution in [0.2, 0.25) is 0 Å². The molecule has 6 heteroatoms. The fourth-order valence-electron chi connectivity index (χ4n) is 2.63. The van der Waals surface area contributed by atoms with Crippen molar-refractivity contribution in [2.24, 2.45) is 0 Å². The van der Waals surface area contributed by atoms with E-state index in [4.69, 9.17) is 4.42 Å². The predicted molar refractivity (Wildman–Crippen MR) is 87.5 cm³/mol. The van der Waals surface area contributed by atoms with E-state index in [0.717, 1.165) is 16.5 Å². The Kier molecular flexibility index (Phi) is 3.01. The Morgan fingerprint density at radius 3 is 2.91 bits per heavy atom. The predicted octanol–water partition coefficient (Wildman–Crippen LogP) is 2.78. The van der Waals surface area contributed by atoms with Gasteiger partial charge in [0.1, 0.15) is 0 Å². The van der Waals surface area contributed by atoms with Crippen LogP contribution in [-0.4, -0.2) is 15.9 Å². The van der Waals surface area contributed by atoms with E-state index in [1.807, 2.05) is 30.5 Å². The van der Waals surface area contributed by atoms with Gasteiger partial charge in [-0.1, -0.05) is 6.07 Å². The molecule has 4 aromatic rings. The van der Waals surface area contributed by atoms with Gasteiger partial charge in [-0.25, -0.2) is 4.79 Å². The van der Waals surface area contributed by atoms with E-state index < -0.39 is 5.76 Å². The lowest BCUT2D eigenvalue weighted by Crippen LogP contribution is -2.14. The number of nitrogens with one attached hydrogen (secondary N) is 3. The Bertz CT molecular complexity index is 1070. The highest BCUT2D eigenvalue weighted by Crippen LogP contribution is 2.18. The lowest BCUT2D eigenvalue weighted by atomic mass is 10.1. The molecule has 0 aliphatic carbocycles. The van der Waals surface area contributed by atoms with Crippen LogP contribution in [0.4, 0.5) is 5.69 Å². The van der Waals surface area contributed by atoms with Gasteiger partial charge in [-0.3, -0.25) is 9.78 Å². The van der Waals surface area contributed by atoms with Crippen molar-refractivity contribution in [1.82, 2.24) is 9.97 Å². The molecule has 0 spiro atoms. The van der Waals surface area contributed by atoms with Crippen molar-refractivity contribution in [3.63, 3.8) is 0 Å². The zero-order chi connectivity index (χ0) is 15.8. The quantitative estimate of drug-likeness (QED) is 0.543. The highest BCUT2D eigenvalue weighted by molar-refractivity contribution is 5.94. The minimum Gasteiger partial charge on any atom is -0.408 e. The molecule has 114 valence electrons. The number of amides is 1. The molecule has 0 saturated heterocycles. The van der Waals surface area contributed by atoms with Crippen LogP contribution in [0.1, 0.15) is 5.56 Å². The van der Waals surface area contributed by atoms with Gasteiger partial charge in [-0.15, -0.1) is 0 Å². The summed E-state index contributed by atoms with van der Waals surface area (Å²) in [5.74, 6) is -0.631. The van der Waals surface area contributed by atoms with Crippen molar-refractivity contribution < 1.29 is 9.21 Å². The van der Waals surface area contributed by atoms with E-state index in [9.17, 15) is 9.59 Å². The highest BCUT2D eigenvalue weighted by Gasteiger charge is 2.07. The maximum Gasteiger partial charge on any atom is 0.417 e. The fraction of sp³-hybridized carbons (Fsp3) is 0.0588. The first-order valence-electron chi connectivity index (χ1n) is 7.16. The number of oxazole rings is 1. The third-order valence-corrected chi connectivity index (χ3v) is 3.69. The van der Waals surface area contributed by atoms with Gasteiger partial charge in [0.15, 0.2) is 5.58 Å². The van der Waals surface area contributed by atoms with E-state index in [1.165, 1.54) is 0 Å². The number of aromatic amines is 2. The van der Waals surface area contributed by atoms with Gasteiger partial charge in [0, 0.05) is 17.4 Å². The number of carbonyl (C=O) groups is 1. The Labute approximate surface area is 130 Å². The molecular formula is C17H13N3O3. The number of H-pyrrole nitrogens is 2. The highest BCUT2D eigenvalue weighted by atomic mass is 16.4. The van der Waals surface area contributed by atoms with Crippen molar-refractivity contribution in [2.45, 2.75) is 6.42 Å². The average Bonchev–Trinajstić information content (AvgIpc) is 3.11. The maximum absolute atomic E-state index is 12.2. The second-order valence-electron chi connectivity index (χ2n) is 5.35. The summed E-state index contributed by atoms with van der Waals surface area (Å²) in [6, 6.07) is 12.9. The largest absolute Gasteiger partial charge is 0.417 e. The molecule has 6 nitrogen and oxygen atoms in total. The lowest BCUT2D eigenvalue weighted by Gasteiger charge is -2.05. The summed E-state index contributed by atoms with van der Waals surface area (Å²) in [6.45, 7) is 0. The van der Waals surface area contributed by atoms with E-state index in [2.05, 4.69) is 15.3 Å². The maximum atomic E-state index is 12.2. The van der Waals surface area contributed by atoms with Crippen molar-refractivity contribution in [3.8, 4) is 0 Å². The molecule has 0 atom stereocenters. The molecule has 2 aromatic heterocycles. The molecule has 1 amide bonds. The van der Waals surface area contributed by atoms with Crippen LogP contribution in [0.5, 0.6) is 0 Å². The topological polar surface area (TPSA) is 90.9 Å². The molecule has 0 aliphatic rings. The Hall–Kier alpha value is -3.28. The van der Waals surface area contributed by atoms with E-state index in [-0.39, 0.29) is 12.3 Å². The number of rotatable bonds is 3. The first-order valence-corrected chi connectivity index (χ1v) is 7.16. The molecule has 3 N–H and O–H groups in total. The molecule has 0 fully saturated rings. The summed E-state index contributed by atoms with van der Waals surface area (Å²) in [5.41, 5.74) is 3.62. The summed E-state index contributed by atoms with van der Waals surface area (Å²) >= 11 is 0. The average molecular weight is 307 g/mol. The SMILES string of the molecule is O=C(Cc1ccc2[nH]ccc2c1)Nc1ccc2oc(=O)[nH]c2c1. The van der Waals surface area contributed by atoms with Crippen LogP contribution >= 0.6 is 0 Å². The smallest absolute Gasteiger partial charge is 0.408 e. The Morgan fingerprint density at radius 2 is 2.00 bits per heavy atom. The van der Waals surface area contributed by atoms with Gasteiger partial charge in [-0.05, 0) is 47.3 Å². The van der Waals surface area contributed by atoms with E-state index >= 15 is 0 Å². The number of hydrogen-bond donors (Lipinski definition) is 3. The molecular weight excluding hydrogens is 294 g/mol. The zero-order valence-electron chi connectivity index (χ0n) is 12.1. The Morgan fingerprint density at radius 1 is 1.09 bits per heavy atom. The van der Waals surface area contributed by atoms with E-state index in [0.29, 0.717) is 16.8 Å². The second kappa shape index (κ2) is 5.17.